The third-order valence-electron chi connectivity index (χ3n) is 11.7. The van der Waals surface area contributed by atoms with Crippen molar-refractivity contribution in [2.45, 2.75) is 37.3 Å². The number of rotatable bonds is 11. The number of nitrogens with one attached hydrogen (secondary N) is 1. The van der Waals surface area contributed by atoms with Gasteiger partial charge in [-0.1, -0.05) is 25.1 Å². The number of nitrogens with zero attached hydrogens (tertiary/aromatic N) is 4. The highest BCUT2D eigenvalue weighted by Gasteiger charge is 2.60. The molecular weight excluding hydrogens is 624 g/mol. The number of anilines is 1. The molecule has 6 aliphatic rings. The van der Waals surface area contributed by atoms with Crippen LogP contribution in [0.1, 0.15) is 20.8 Å². The first-order valence-corrected chi connectivity index (χ1v) is 18.0. The molecule has 2 amide bonds. The van der Waals surface area contributed by atoms with Crippen LogP contribution in [-0.4, -0.2) is 134 Å². The maximum atomic E-state index is 14.0. The van der Waals surface area contributed by atoms with E-state index in [0.717, 1.165) is 72.1 Å². The van der Waals surface area contributed by atoms with Crippen molar-refractivity contribution in [2.24, 2.45) is 17.6 Å². The molecule has 0 spiro atoms. The van der Waals surface area contributed by atoms with Gasteiger partial charge in [0.25, 0.3) is 15.9 Å². The van der Waals surface area contributed by atoms with Crippen LogP contribution in [0.2, 0.25) is 0 Å². The van der Waals surface area contributed by atoms with Crippen molar-refractivity contribution in [3.8, 4) is 0 Å². The van der Waals surface area contributed by atoms with Crippen molar-refractivity contribution in [3.63, 3.8) is 0 Å². The number of carboxylic acids is 1. The van der Waals surface area contributed by atoms with Crippen molar-refractivity contribution in [2.75, 3.05) is 76.3 Å². The number of hydrogen-bond donors (Lipinski definition) is 4. The molecule has 0 radical (unpaired) electrons. The number of aliphatic hydroxyl groups excluding tert-OH is 1. The molecule has 4 atom stereocenters. The highest BCUT2D eigenvalue weighted by Crippen LogP contribution is 2.50. The van der Waals surface area contributed by atoms with Gasteiger partial charge in [0.2, 0.25) is 5.91 Å². The van der Waals surface area contributed by atoms with Gasteiger partial charge in [-0.2, -0.15) is 0 Å². The lowest BCUT2D eigenvalue weighted by molar-refractivity contribution is -1.08. The third-order valence-corrected chi connectivity index (χ3v) is 13.5. The number of aliphatic hydroxyl groups is 1. The minimum absolute atomic E-state index is 0. The van der Waals surface area contributed by atoms with Gasteiger partial charge < -0.3 is 35.1 Å². The van der Waals surface area contributed by atoms with E-state index in [1.54, 1.807) is 19.1 Å². The molecule has 2 aromatic rings. The highest BCUT2D eigenvalue weighted by molar-refractivity contribution is 7.93. The summed E-state index contributed by atoms with van der Waals surface area (Å²) in [5, 5.41) is 24.8. The predicted molar refractivity (Wildman–Crippen MR) is 174 cm³/mol. The first-order chi connectivity index (χ1) is 22.3. The normalized spacial score (nSPS) is 30.9. The number of amides is 2. The minimum Gasteiger partial charge on any atom is -0.477 e. The smallest absolute Gasteiger partial charge is 0.477 e. The quantitative estimate of drug-likeness (QED) is 0.191. The molecule has 8 rings (SSSR count). The van der Waals surface area contributed by atoms with E-state index in [9.17, 15) is 33.0 Å². The molecule has 0 aromatic heterocycles. The molecule has 0 saturated carbocycles. The summed E-state index contributed by atoms with van der Waals surface area (Å²) in [6.07, 6.45) is -0.162. The van der Waals surface area contributed by atoms with E-state index >= 15 is 0 Å². The number of carbonyl (C=O) groups excluding carboxylic acids is 2. The highest BCUT2D eigenvalue weighted by atomic mass is 32.2. The van der Waals surface area contributed by atoms with Gasteiger partial charge in [-0.25, -0.2) is 13.2 Å². The van der Waals surface area contributed by atoms with Crippen LogP contribution in [0, 0.1) is 11.8 Å². The summed E-state index contributed by atoms with van der Waals surface area (Å²) >= 11 is 0. The Morgan fingerprint density at radius 1 is 1.11 bits per heavy atom. The number of carbonyl (C=O) groups is 3. The average molecular weight is 670 g/mol. The monoisotopic (exact) mass is 669 g/mol. The van der Waals surface area contributed by atoms with Crippen LogP contribution >= 0.6 is 0 Å². The van der Waals surface area contributed by atoms with Crippen LogP contribution in [0.15, 0.2) is 46.5 Å². The van der Waals surface area contributed by atoms with E-state index in [-0.39, 0.29) is 24.5 Å². The first kappa shape index (κ1) is 32.0. The van der Waals surface area contributed by atoms with Gasteiger partial charge in [-0.05, 0) is 35.6 Å². The van der Waals surface area contributed by atoms with E-state index in [2.05, 4.69) is 5.32 Å². The van der Waals surface area contributed by atoms with Crippen molar-refractivity contribution in [1.29, 1.82) is 0 Å². The zero-order valence-corrected chi connectivity index (χ0v) is 27.7. The van der Waals surface area contributed by atoms with Crippen molar-refractivity contribution in [1.82, 2.24) is 10.2 Å². The lowest BCUT2D eigenvalue weighted by atomic mass is 9.78. The molecule has 2 aromatic carbocycles. The number of quaternary nitrogens is 2. The van der Waals surface area contributed by atoms with Crippen LogP contribution < -0.4 is 15.4 Å². The number of nitrogens with two attached hydrogens (primary N) is 1. The van der Waals surface area contributed by atoms with Gasteiger partial charge in [0.1, 0.15) is 45.0 Å². The van der Waals surface area contributed by atoms with E-state index < -0.39 is 45.9 Å². The molecule has 0 aliphatic carbocycles. The number of hydrogen-bond acceptors (Lipinski definition) is 7. The van der Waals surface area contributed by atoms with E-state index in [4.69, 9.17) is 5.73 Å². The number of sulfonamides is 1. The molecule has 4 fully saturated rings. The summed E-state index contributed by atoms with van der Waals surface area (Å²) in [5.74, 6) is -2.83. The summed E-state index contributed by atoms with van der Waals surface area (Å²) in [6.45, 7) is 11.4. The van der Waals surface area contributed by atoms with Gasteiger partial charge in [0.15, 0.2) is 6.54 Å². The predicted octanol–water partition coefficient (Wildman–Crippen LogP) is -0.0646. The second-order valence-electron chi connectivity index (χ2n) is 14.2. The fourth-order valence-electron chi connectivity index (χ4n) is 8.93. The Balaban J connectivity index is 0.00000401. The number of fused-ring (bicyclic) bond motifs is 4. The zero-order chi connectivity index (χ0) is 33.5. The molecule has 13 nitrogen and oxygen atoms in total. The molecule has 5 N–H and O–H groups in total. The second-order valence-corrected chi connectivity index (χ2v) is 16.0. The second kappa shape index (κ2) is 11.3. The summed E-state index contributed by atoms with van der Waals surface area (Å²) < 4.78 is 31.2. The van der Waals surface area contributed by atoms with E-state index in [1.807, 2.05) is 18.2 Å². The molecule has 2 bridgehead atoms. The number of β-lactam (4-membered cyclic amide) rings is 1. The van der Waals surface area contributed by atoms with Crippen molar-refractivity contribution >= 4 is 44.3 Å². The topological polar surface area (TPSA) is 170 Å². The molecule has 47 heavy (non-hydrogen) atoms. The number of piperazine rings is 3. The van der Waals surface area contributed by atoms with Gasteiger partial charge in [0, 0.05) is 30.8 Å². The van der Waals surface area contributed by atoms with E-state index in [0.29, 0.717) is 36.3 Å². The Hall–Kier alpha value is -3.56. The molecule has 252 valence electrons. The lowest BCUT2D eigenvalue weighted by Crippen LogP contribution is -2.76. The molecular formula is C33H45N6O7S+3. The van der Waals surface area contributed by atoms with Crippen molar-refractivity contribution in [3.05, 3.63) is 47.2 Å². The number of benzene rings is 2. The zero-order valence-electron chi connectivity index (χ0n) is 27.9. The van der Waals surface area contributed by atoms with E-state index in [1.165, 1.54) is 16.1 Å². The first-order valence-electron chi connectivity index (χ1n) is 16.5. The number of carboxylic acid groups (broad SMARTS) is 1. The fraction of sp³-hybridized carbons (Fsp3) is 0.545. The third kappa shape index (κ3) is 4.87. The lowest BCUT2D eigenvalue weighted by Gasteiger charge is -2.55. The Morgan fingerprint density at radius 2 is 1.79 bits per heavy atom. The summed E-state index contributed by atoms with van der Waals surface area (Å²) in [4.78, 5) is 39.1. The number of aliphatic carboxylic acids is 1. The summed E-state index contributed by atoms with van der Waals surface area (Å²) in [7, 11) is -3.99. The van der Waals surface area contributed by atoms with Crippen LogP contribution in [0.3, 0.4) is 0 Å². The van der Waals surface area contributed by atoms with Gasteiger partial charge >= 0.3 is 7.40 Å². The molecule has 6 aliphatic heterocycles. The largest absolute Gasteiger partial charge is 1.00 e. The Labute approximate surface area is 275 Å². The summed E-state index contributed by atoms with van der Waals surface area (Å²) in [6, 6.07) is 8.64. The van der Waals surface area contributed by atoms with Gasteiger partial charge in [-0.15, -0.1) is 0 Å². The van der Waals surface area contributed by atoms with Crippen molar-refractivity contribution < 1.29 is 43.4 Å². The van der Waals surface area contributed by atoms with Crippen LogP contribution in [-0.2, 0) is 30.8 Å². The van der Waals surface area contributed by atoms with Gasteiger partial charge in [-0.3, -0.25) is 13.9 Å². The molecule has 3 unspecified atom stereocenters. The standard InChI is InChI=1S/C33H42N6O7S/c1-20-24(31(33(43)44)37-30(20)28(21(2)40)32(37)42)18-36-25-5-3-4-23-22(6-7-26(29(23)25)47(36,45)46)8-11-38-12-15-39(16-13-38,17-14-38)19-27(41)35-10-9-34/h3-7,20-21,28,30,40H,8-19,34H2,1-2H3/p+3/t20-,21?,28?,30?,38?,39?/m0/s1. The summed E-state index contributed by atoms with van der Waals surface area (Å²) in [5.41, 5.74) is 7.31. The Morgan fingerprint density at radius 3 is 2.43 bits per heavy atom. The SMILES string of the molecule is CC(O)C1C(=O)N2C(C(=O)O)=C(CN3c4cccc5c(CC[N+]67CC[N+](CC(=O)NCCN)(CC6)CC7)ccc(c45)S3(=O)=O)[C@H](C)C12.[H+]. The maximum Gasteiger partial charge on any atom is 1.00 e. The average Bonchev–Trinajstić information content (AvgIpc) is 3.41. The minimum atomic E-state index is -3.99. The Kier molecular flexibility index (Phi) is 7.67. The van der Waals surface area contributed by atoms with Gasteiger partial charge in [0.05, 0.1) is 41.7 Å². The van der Waals surface area contributed by atoms with Crippen LogP contribution in [0.25, 0.3) is 10.8 Å². The van der Waals surface area contributed by atoms with Crippen LogP contribution in [0.4, 0.5) is 5.69 Å². The Bertz CT molecular complexity index is 1810. The molecule has 6 heterocycles. The molecule has 14 heteroatoms. The fourth-order valence-corrected chi connectivity index (χ4v) is 10.6. The maximum absolute atomic E-state index is 14.0. The molecule has 4 saturated heterocycles. The van der Waals surface area contributed by atoms with Crippen LogP contribution in [0.5, 0.6) is 0 Å².